The highest BCUT2D eigenvalue weighted by atomic mass is 16.7. The molecule has 0 N–H and O–H groups in total. The van der Waals surface area contributed by atoms with Gasteiger partial charge in [-0.3, -0.25) is 0 Å². The third kappa shape index (κ3) is 1.32. The lowest BCUT2D eigenvalue weighted by Crippen LogP contribution is -2.54. The predicted octanol–water partition coefficient (Wildman–Crippen LogP) is 3.12. The molecular weight excluding hydrogens is 187 g/mol. The highest BCUT2D eigenvalue weighted by Gasteiger charge is 2.65. The summed E-state index contributed by atoms with van der Waals surface area (Å²) in [6.07, 6.45) is 3.56. The normalized spacial score (nSPS) is 40.6. The minimum Gasteiger partial charge on any atom is -0.402 e. The SMILES string of the molecule is CB1O[C@]2(C(C)C)CCC[C@]2(C(C)C)O1. The molecule has 15 heavy (non-hydrogen) atoms. The molecule has 2 atom stereocenters. The standard InChI is InChI=1S/C12H23BO2/c1-9(2)11-7-6-8-12(11,10(3)4)15-13(5)14-11/h9-10H,6-8H2,1-5H3/t11-,12+. The molecule has 2 fully saturated rings. The van der Waals surface area contributed by atoms with Gasteiger partial charge in [0.15, 0.2) is 0 Å². The third-order valence-corrected chi connectivity index (χ3v) is 4.43. The molecule has 0 radical (unpaired) electrons. The highest BCUT2D eigenvalue weighted by molar-refractivity contribution is 6.43. The Hall–Kier alpha value is -0.0151. The zero-order valence-electron chi connectivity index (χ0n) is 10.7. The highest BCUT2D eigenvalue weighted by Crippen LogP contribution is 2.56. The van der Waals surface area contributed by atoms with Crippen molar-refractivity contribution in [2.75, 3.05) is 0 Å². The van der Waals surface area contributed by atoms with Crippen LogP contribution in [0.2, 0.25) is 6.82 Å². The van der Waals surface area contributed by atoms with E-state index in [1.165, 1.54) is 6.42 Å². The van der Waals surface area contributed by atoms with Gasteiger partial charge in [-0.2, -0.15) is 0 Å². The van der Waals surface area contributed by atoms with Gasteiger partial charge >= 0.3 is 7.12 Å². The van der Waals surface area contributed by atoms with E-state index in [1.807, 2.05) is 6.82 Å². The Balaban J connectivity index is 2.41. The van der Waals surface area contributed by atoms with E-state index < -0.39 is 0 Å². The average molecular weight is 210 g/mol. The van der Waals surface area contributed by atoms with E-state index >= 15 is 0 Å². The van der Waals surface area contributed by atoms with Gasteiger partial charge in [0.05, 0.1) is 11.2 Å². The lowest BCUT2D eigenvalue weighted by Gasteiger charge is -2.44. The molecule has 1 aliphatic carbocycles. The van der Waals surface area contributed by atoms with Crippen molar-refractivity contribution in [3.05, 3.63) is 0 Å². The van der Waals surface area contributed by atoms with Crippen LogP contribution in [0.5, 0.6) is 0 Å². The predicted molar refractivity (Wildman–Crippen MR) is 62.8 cm³/mol. The van der Waals surface area contributed by atoms with Crippen LogP contribution in [0.4, 0.5) is 0 Å². The lowest BCUT2D eigenvalue weighted by atomic mass is 9.72. The Morgan fingerprint density at radius 2 is 1.33 bits per heavy atom. The minimum absolute atomic E-state index is 0.0272. The van der Waals surface area contributed by atoms with E-state index in [4.69, 9.17) is 9.31 Å². The molecule has 0 bridgehead atoms. The fourth-order valence-electron chi connectivity index (χ4n) is 3.80. The fraction of sp³-hybridized carbons (Fsp3) is 1.00. The summed E-state index contributed by atoms with van der Waals surface area (Å²) in [5, 5.41) is 0. The number of hydrogen-bond donors (Lipinski definition) is 0. The average Bonchev–Trinajstić information content (AvgIpc) is 2.56. The number of rotatable bonds is 2. The van der Waals surface area contributed by atoms with Crippen LogP contribution in [0, 0.1) is 11.8 Å². The van der Waals surface area contributed by atoms with Crippen LogP contribution in [-0.4, -0.2) is 18.3 Å². The Labute approximate surface area is 93.9 Å². The topological polar surface area (TPSA) is 18.5 Å². The first-order valence-electron chi connectivity index (χ1n) is 6.30. The molecule has 1 heterocycles. The Morgan fingerprint density at radius 3 is 1.67 bits per heavy atom. The van der Waals surface area contributed by atoms with Crippen LogP contribution >= 0.6 is 0 Å². The van der Waals surface area contributed by atoms with E-state index in [0.29, 0.717) is 11.8 Å². The van der Waals surface area contributed by atoms with Gasteiger partial charge in [-0.25, -0.2) is 0 Å². The summed E-state index contributed by atoms with van der Waals surface area (Å²) in [7, 11) is -0.0323. The molecule has 0 unspecified atom stereocenters. The Morgan fingerprint density at radius 1 is 0.933 bits per heavy atom. The second kappa shape index (κ2) is 3.49. The molecule has 1 aliphatic heterocycles. The Bertz CT molecular complexity index is 230. The zero-order chi connectivity index (χ0) is 11.3. The van der Waals surface area contributed by atoms with Crippen molar-refractivity contribution >= 4 is 7.12 Å². The van der Waals surface area contributed by atoms with Gasteiger partial charge in [-0.05, 0) is 37.9 Å². The fourth-order valence-corrected chi connectivity index (χ4v) is 3.80. The zero-order valence-corrected chi connectivity index (χ0v) is 10.7. The summed E-state index contributed by atoms with van der Waals surface area (Å²) in [5.41, 5.74) is -0.0544. The smallest absolute Gasteiger partial charge is 0.402 e. The first-order valence-corrected chi connectivity index (χ1v) is 6.30. The first kappa shape index (κ1) is 11.5. The van der Waals surface area contributed by atoms with Crippen molar-refractivity contribution in [1.29, 1.82) is 0 Å². The maximum absolute atomic E-state index is 6.18. The molecule has 0 aromatic carbocycles. The van der Waals surface area contributed by atoms with Crippen LogP contribution in [0.1, 0.15) is 47.0 Å². The van der Waals surface area contributed by atoms with Crippen LogP contribution in [0.3, 0.4) is 0 Å². The summed E-state index contributed by atoms with van der Waals surface area (Å²) in [5.74, 6) is 1.07. The van der Waals surface area contributed by atoms with Gasteiger partial charge in [-0.15, -0.1) is 0 Å². The van der Waals surface area contributed by atoms with Crippen molar-refractivity contribution in [2.45, 2.75) is 65.0 Å². The van der Waals surface area contributed by atoms with E-state index in [0.717, 1.165) is 12.8 Å². The molecule has 0 spiro atoms. The summed E-state index contributed by atoms with van der Waals surface area (Å²) >= 11 is 0. The molecule has 86 valence electrons. The maximum atomic E-state index is 6.18. The molecule has 1 saturated heterocycles. The van der Waals surface area contributed by atoms with Gasteiger partial charge in [0.2, 0.25) is 0 Å². The van der Waals surface area contributed by atoms with Gasteiger partial charge in [0.25, 0.3) is 0 Å². The molecule has 1 saturated carbocycles. The van der Waals surface area contributed by atoms with E-state index in [1.54, 1.807) is 0 Å². The van der Waals surface area contributed by atoms with E-state index in [2.05, 4.69) is 27.7 Å². The Kier molecular flexibility index (Phi) is 2.67. The molecule has 2 aliphatic rings. The van der Waals surface area contributed by atoms with Gasteiger partial charge in [0.1, 0.15) is 0 Å². The van der Waals surface area contributed by atoms with Crippen LogP contribution in [-0.2, 0) is 9.31 Å². The molecular formula is C12H23BO2. The van der Waals surface area contributed by atoms with Crippen molar-refractivity contribution in [3.63, 3.8) is 0 Å². The maximum Gasteiger partial charge on any atom is 0.454 e. The largest absolute Gasteiger partial charge is 0.454 e. The summed E-state index contributed by atoms with van der Waals surface area (Å²) in [4.78, 5) is 0. The molecule has 0 aromatic rings. The summed E-state index contributed by atoms with van der Waals surface area (Å²) in [6, 6.07) is 0. The van der Waals surface area contributed by atoms with Crippen molar-refractivity contribution in [1.82, 2.24) is 0 Å². The lowest BCUT2D eigenvalue weighted by molar-refractivity contribution is -0.0829. The van der Waals surface area contributed by atoms with E-state index in [-0.39, 0.29) is 18.3 Å². The van der Waals surface area contributed by atoms with Crippen LogP contribution < -0.4 is 0 Å². The monoisotopic (exact) mass is 210 g/mol. The quantitative estimate of drug-likeness (QED) is 0.652. The van der Waals surface area contributed by atoms with E-state index in [9.17, 15) is 0 Å². The summed E-state index contributed by atoms with van der Waals surface area (Å²) < 4.78 is 12.4. The molecule has 3 heteroatoms. The molecule has 2 nitrogen and oxygen atoms in total. The molecule has 2 rings (SSSR count). The number of fused-ring (bicyclic) bond motifs is 1. The van der Waals surface area contributed by atoms with Crippen molar-refractivity contribution < 1.29 is 9.31 Å². The van der Waals surface area contributed by atoms with Crippen LogP contribution in [0.15, 0.2) is 0 Å². The third-order valence-electron chi connectivity index (χ3n) is 4.43. The second-order valence-corrected chi connectivity index (χ2v) is 5.75. The summed E-state index contributed by atoms with van der Waals surface area (Å²) in [6.45, 7) is 11.1. The van der Waals surface area contributed by atoms with Crippen molar-refractivity contribution in [2.24, 2.45) is 11.8 Å². The first-order chi connectivity index (χ1) is 6.94. The van der Waals surface area contributed by atoms with Crippen molar-refractivity contribution in [3.8, 4) is 0 Å². The minimum atomic E-state index is -0.0323. The van der Waals surface area contributed by atoms with Gasteiger partial charge < -0.3 is 9.31 Å². The number of hydrogen-bond acceptors (Lipinski definition) is 2. The van der Waals surface area contributed by atoms with Crippen LogP contribution in [0.25, 0.3) is 0 Å². The second-order valence-electron chi connectivity index (χ2n) is 5.75. The van der Waals surface area contributed by atoms with Gasteiger partial charge in [-0.1, -0.05) is 27.7 Å². The molecule has 0 amide bonds. The van der Waals surface area contributed by atoms with Gasteiger partial charge in [0, 0.05) is 0 Å². The molecule has 0 aromatic heterocycles.